The van der Waals surface area contributed by atoms with Gasteiger partial charge in [0, 0.05) is 33.2 Å². The first-order chi connectivity index (χ1) is 12.6. The van der Waals surface area contributed by atoms with E-state index in [0.717, 1.165) is 23.4 Å². The standard InChI is InChI=1S/C18H24FN5O2/c1-13-16-11-15(19)4-3-14(16)6-8-24(13)18(25)20-7-5-17-22-21-12-23(17)9-10-26-2/h3-4,11-13H,5-10H2,1-2H3,(H,20,25)/t13-/m1/s1. The molecule has 26 heavy (non-hydrogen) atoms. The lowest BCUT2D eigenvalue weighted by Crippen LogP contribution is -2.45. The van der Waals surface area contributed by atoms with Crippen molar-refractivity contribution in [3.63, 3.8) is 0 Å². The SMILES string of the molecule is COCCn1cnnc1CCNC(=O)N1CCc2ccc(F)cc2[C@H]1C. The fourth-order valence-corrected chi connectivity index (χ4v) is 3.29. The van der Waals surface area contributed by atoms with E-state index >= 15 is 0 Å². The average molecular weight is 361 g/mol. The maximum atomic E-state index is 13.5. The minimum atomic E-state index is -0.270. The van der Waals surface area contributed by atoms with E-state index in [0.29, 0.717) is 32.7 Å². The van der Waals surface area contributed by atoms with Gasteiger partial charge in [0.25, 0.3) is 0 Å². The number of carbonyl (C=O) groups is 1. The van der Waals surface area contributed by atoms with Gasteiger partial charge in [-0.3, -0.25) is 0 Å². The van der Waals surface area contributed by atoms with Crippen LogP contribution < -0.4 is 5.32 Å². The second kappa shape index (κ2) is 8.27. The van der Waals surface area contributed by atoms with E-state index in [-0.39, 0.29) is 17.9 Å². The van der Waals surface area contributed by atoms with Gasteiger partial charge in [-0.2, -0.15) is 0 Å². The number of nitrogens with zero attached hydrogens (tertiary/aromatic N) is 4. The first-order valence-electron chi connectivity index (χ1n) is 8.78. The maximum Gasteiger partial charge on any atom is 0.317 e. The Morgan fingerprint density at radius 1 is 1.46 bits per heavy atom. The summed E-state index contributed by atoms with van der Waals surface area (Å²) in [5.41, 5.74) is 1.99. The van der Waals surface area contributed by atoms with E-state index in [2.05, 4.69) is 15.5 Å². The molecular weight excluding hydrogens is 337 g/mol. The van der Waals surface area contributed by atoms with Crippen LogP contribution in [0.2, 0.25) is 0 Å². The molecule has 0 spiro atoms. The number of fused-ring (bicyclic) bond motifs is 1. The maximum absolute atomic E-state index is 13.5. The van der Waals surface area contributed by atoms with Gasteiger partial charge >= 0.3 is 6.03 Å². The molecule has 3 rings (SSSR count). The molecule has 1 aliphatic rings. The Hall–Kier alpha value is -2.48. The molecule has 2 aromatic rings. The second-order valence-electron chi connectivity index (χ2n) is 6.38. The van der Waals surface area contributed by atoms with Gasteiger partial charge in [-0.1, -0.05) is 6.07 Å². The molecule has 0 saturated carbocycles. The molecule has 1 aliphatic heterocycles. The summed E-state index contributed by atoms with van der Waals surface area (Å²) < 4.78 is 20.5. The van der Waals surface area contributed by atoms with E-state index in [1.165, 1.54) is 12.1 Å². The number of carbonyl (C=O) groups excluding carboxylic acids is 1. The van der Waals surface area contributed by atoms with Gasteiger partial charge in [0.1, 0.15) is 18.0 Å². The van der Waals surface area contributed by atoms with E-state index in [1.54, 1.807) is 18.3 Å². The molecule has 140 valence electrons. The van der Waals surface area contributed by atoms with Crippen LogP contribution in [0, 0.1) is 5.82 Å². The molecule has 0 unspecified atom stereocenters. The van der Waals surface area contributed by atoms with E-state index in [4.69, 9.17) is 4.74 Å². The summed E-state index contributed by atoms with van der Waals surface area (Å²) in [7, 11) is 1.65. The second-order valence-corrected chi connectivity index (χ2v) is 6.38. The third-order valence-electron chi connectivity index (χ3n) is 4.77. The number of hydrogen-bond acceptors (Lipinski definition) is 4. The highest BCUT2D eigenvalue weighted by molar-refractivity contribution is 5.75. The fourth-order valence-electron chi connectivity index (χ4n) is 3.29. The highest BCUT2D eigenvalue weighted by atomic mass is 19.1. The number of amides is 2. The zero-order chi connectivity index (χ0) is 18.5. The number of aromatic nitrogens is 3. The van der Waals surface area contributed by atoms with Crippen molar-refractivity contribution in [2.24, 2.45) is 0 Å². The lowest BCUT2D eigenvalue weighted by Gasteiger charge is -2.35. The van der Waals surface area contributed by atoms with Gasteiger partial charge in [0.15, 0.2) is 0 Å². The molecule has 1 aromatic heterocycles. The van der Waals surface area contributed by atoms with Crippen LogP contribution in [0.25, 0.3) is 0 Å². The van der Waals surface area contributed by atoms with Crippen LogP contribution in [-0.4, -0.2) is 52.5 Å². The van der Waals surface area contributed by atoms with Gasteiger partial charge < -0.3 is 19.5 Å². The van der Waals surface area contributed by atoms with Crippen molar-refractivity contribution in [1.82, 2.24) is 25.0 Å². The molecule has 1 atom stereocenters. The van der Waals surface area contributed by atoms with Crippen LogP contribution in [-0.2, 0) is 24.1 Å². The molecule has 0 bridgehead atoms. The molecule has 8 heteroatoms. The normalized spacial score (nSPS) is 16.4. The largest absolute Gasteiger partial charge is 0.383 e. The van der Waals surface area contributed by atoms with Crippen LogP contribution in [0.5, 0.6) is 0 Å². The summed E-state index contributed by atoms with van der Waals surface area (Å²) in [5, 5.41) is 10.9. The quantitative estimate of drug-likeness (QED) is 0.853. The lowest BCUT2D eigenvalue weighted by atomic mass is 9.94. The molecule has 0 aliphatic carbocycles. The number of rotatable bonds is 6. The van der Waals surface area contributed by atoms with Crippen LogP contribution >= 0.6 is 0 Å². The zero-order valence-electron chi connectivity index (χ0n) is 15.1. The smallest absolute Gasteiger partial charge is 0.317 e. The molecule has 0 fully saturated rings. The molecule has 0 saturated heterocycles. The Balaban J connectivity index is 1.55. The van der Waals surface area contributed by atoms with Gasteiger partial charge in [0.2, 0.25) is 0 Å². The molecule has 1 aromatic carbocycles. The highest BCUT2D eigenvalue weighted by Gasteiger charge is 2.27. The van der Waals surface area contributed by atoms with Crippen molar-refractivity contribution in [1.29, 1.82) is 0 Å². The van der Waals surface area contributed by atoms with Gasteiger partial charge in [-0.05, 0) is 36.6 Å². The summed E-state index contributed by atoms with van der Waals surface area (Å²) in [6, 6.07) is 4.51. The summed E-state index contributed by atoms with van der Waals surface area (Å²) in [6.45, 7) is 4.27. The Kier molecular flexibility index (Phi) is 5.82. The van der Waals surface area contributed by atoms with E-state index in [1.807, 2.05) is 17.6 Å². The number of hydrogen-bond donors (Lipinski definition) is 1. The third-order valence-corrected chi connectivity index (χ3v) is 4.77. The van der Waals surface area contributed by atoms with Crippen LogP contribution in [0.15, 0.2) is 24.5 Å². The first-order valence-corrected chi connectivity index (χ1v) is 8.78. The molecule has 2 amide bonds. The Morgan fingerprint density at radius 3 is 3.12 bits per heavy atom. The number of halogens is 1. The molecule has 7 nitrogen and oxygen atoms in total. The summed E-state index contributed by atoms with van der Waals surface area (Å²) in [5.74, 6) is 0.537. The van der Waals surface area contributed by atoms with Crippen molar-refractivity contribution in [2.75, 3.05) is 26.8 Å². The van der Waals surface area contributed by atoms with Crippen molar-refractivity contribution < 1.29 is 13.9 Å². The monoisotopic (exact) mass is 361 g/mol. The fraction of sp³-hybridized carbons (Fsp3) is 0.500. The highest BCUT2D eigenvalue weighted by Crippen LogP contribution is 2.29. The average Bonchev–Trinajstić information content (AvgIpc) is 3.08. The molecule has 2 heterocycles. The Bertz CT molecular complexity index is 764. The minimum absolute atomic E-state index is 0.143. The summed E-state index contributed by atoms with van der Waals surface area (Å²) in [6.07, 6.45) is 2.98. The summed E-state index contributed by atoms with van der Waals surface area (Å²) >= 11 is 0. The van der Waals surface area contributed by atoms with Crippen LogP contribution in [0.4, 0.5) is 9.18 Å². The third kappa shape index (κ3) is 4.01. The van der Waals surface area contributed by atoms with E-state index in [9.17, 15) is 9.18 Å². The van der Waals surface area contributed by atoms with Gasteiger partial charge in [-0.25, -0.2) is 9.18 Å². The minimum Gasteiger partial charge on any atom is -0.383 e. The zero-order valence-corrected chi connectivity index (χ0v) is 15.1. The molecular formula is C18H24FN5O2. The van der Waals surface area contributed by atoms with Gasteiger partial charge in [0.05, 0.1) is 12.6 Å². The van der Waals surface area contributed by atoms with Crippen molar-refractivity contribution in [3.05, 3.63) is 47.3 Å². The predicted octanol–water partition coefficient (Wildman–Crippen LogP) is 1.93. The predicted molar refractivity (Wildman–Crippen MR) is 94.2 cm³/mol. The number of nitrogens with one attached hydrogen (secondary N) is 1. The number of urea groups is 1. The van der Waals surface area contributed by atoms with Crippen molar-refractivity contribution >= 4 is 6.03 Å². The van der Waals surface area contributed by atoms with Crippen LogP contribution in [0.3, 0.4) is 0 Å². The lowest BCUT2D eigenvalue weighted by molar-refractivity contribution is 0.174. The van der Waals surface area contributed by atoms with Crippen LogP contribution in [0.1, 0.15) is 29.9 Å². The summed E-state index contributed by atoms with van der Waals surface area (Å²) in [4.78, 5) is 14.3. The topological polar surface area (TPSA) is 72.3 Å². The van der Waals surface area contributed by atoms with Gasteiger partial charge in [-0.15, -0.1) is 10.2 Å². The van der Waals surface area contributed by atoms with Crippen molar-refractivity contribution in [3.8, 4) is 0 Å². The molecule has 1 N–H and O–H groups in total. The number of benzene rings is 1. The Labute approximate surface area is 152 Å². The number of methoxy groups -OCH3 is 1. The number of ether oxygens (including phenoxy) is 1. The molecule has 0 radical (unpaired) electrons. The first kappa shape index (κ1) is 18.3. The Morgan fingerprint density at radius 2 is 2.31 bits per heavy atom. The van der Waals surface area contributed by atoms with E-state index < -0.39 is 0 Å². The van der Waals surface area contributed by atoms with Crippen molar-refractivity contribution in [2.45, 2.75) is 32.4 Å².